The van der Waals surface area contributed by atoms with Gasteiger partial charge >= 0.3 is 0 Å². The SMILES string of the molecule is CC.CCCNC1CC(O)C1. The first-order valence-corrected chi connectivity index (χ1v) is 4.74. The molecule has 2 nitrogen and oxygen atoms in total. The van der Waals surface area contributed by atoms with Crippen molar-refractivity contribution < 1.29 is 5.11 Å². The maximum absolute atomic E-state index is 8.88. The fourth-order valence-electron chi connectivity index (χ4n) is 1.10. The molecule has 0 atom stereocenters. The zero-order valence-electron chi connectivity index (χ0n) is 7.93. The number of aliphatic hydroxyl groups is 1. The van der Waals surface area contributed by atoms with Crippen LogP contribution < -0.4 is 5.32 Å². The van der Waals surface area contributed by atoms with Crippen molar-refractivity contribution in [3.8, 4) is 0 Å². The minimum absolute atomic E-state index is 0.0145. The van der Waals surface area contributed by atoms with Crippen LogP contribution in [-0.2, 0) is 0 Å². The summed E-state index contributed by atoms with van der Waals surface area (Å²) in [5, 5.41) is 12.2. The Hall–Kier alpha value is -0.0800. The quantitative estimate of drug-likeness (QED) is 0.654. The predicted octanol–water partition coefficient (Wildman–Crippen LogP) is 1.54. The van der Waals surface area contributed by atoms with Crippen molar-refractivity contribution in [2.75, 3.05) is 6.54 Å². The van der Waals surface area contributed by atoms with Crippen LogP contribution in [0.2, 0.25) is 0 Å². The topological polar surface area (TPSA) is 32.3 Å². The molecule has 0 amide bonds. The van der Waals surface area contributed by atoms with Crippen LogP contribution in [0.25, 0.3) is 0 Å². The molecule has 1 saturated carbocycles. The van der Waals surface area contributed by atoms with Gasteiger partial charge in [0.1, 0.15) is 0 Å². The highest BCUT2D eigenvalue weighted by Gasteiger charge is 2.25. The van der Waals surface area contributed by atoms with E-state index < -0.39 is 0 Å². The van der Waals surface area contributed by atoms with Gasteiger partial charge in [-0.25, -0.2) is 0 Å². The third kappa shape index (κ3) is 4.38. The van der Waals surface area contributed by atoms with Crippen molar-refractivity contribution in [3.05, 3.63) is 0 Å². The van der Waals surface area contributed by atoms with E-state index in [1.165, 1.54) is 6.42 Å². The van der Waals surface area contributed by atoms with Crippen LogP contribution >= 0.6 is 0 Å². The molecule has 0 aromatic rings. The minimum Gasteiger partial charge on any atom is -0.393 e. The van der Waals surface area contributed by atoms with E-state index in [0.717, 1.165) is 19.4 Å². The van der Waals surface area contributed by atoms with Crippen molar-refractivity contribution in [1.29, 1.82) is 0 Å². The Kier molecular flexibility index (Phi) is 6.57. The van der Waals surface area contributed by atoms with Gasteiger partial charge in [-0.05, 0) is 25.8 Å². The molecular formula is C9H21NO. The predicted molar refractivity (Wildman–Crippen MR) is 48.7 cm³/mol. The number of nitrogens with one attached hydrogen (secondary N) is 1. The lowest BCUT2D eigenvalue weighted by Gasteiger charge is -2.31. The average Bonchev–Trinajstić information content (AvgIpc) is 2.00. The minimum atomic E-state index is -0.0145. The second-order valence-electron chi connectivity index (χ2n) is 2.78. The van der Waals surface area contributed by atoms with E-state index in [9.17, 15) is 0 Å². The van der Waals surface area contributed by atoms with Crippen LogP contribution in [0.5, 0.6) is 0 Å². The summed E-state index contributed by atoms with van der Waals surface area (Å²) in [5.74, 6) is 0. The molecule has 2 N–H and O–H groups in total. The van der Waals surface area contributed by atoms with E-state index in [2.05, 4.69) is 12.2 Å². The highest BCUT2D eigenvalue weighted by Crippen LogP contribution is 2.18. The summed E-state index contributed by atoms with van der Waals surface area (Å²) in [5.41, 5.74) is 0. The van der Waals surface area contributed by atoms with Crippen LogP contribution in [0.4, 0.5) is 0 Å². The van der Waals surface area contributed by atoms with Crippen LogP contribution in [0.3, 0.4) is 0 Å². The smallest absolute Gasteiger partial charge is 0.0570 e. The van der Waals surface area contributed by atoms with Gasteiger partial charge in [-0.1, -0.05) is 20.8 Å². The zero-order valence-corrected chi connectivity index (χ0v) is 7.93. The number of hydrogen-bond acceptors (Lipinski definition) is 2. The second kappa shape index (κ2) is 6.62. The van der Waals surface area contributed by atoms with E-state index in [4.69, 9.17) is 5.11 Å². The lowest BCUT2D eigenvalue weighted by molar-refractivity contribution is 0.0628. The molecule has 68 valence electrons. The third-order valence-electron chi connectivity index (χ3n) is 1.80. The van der Waals surface area contributed by atoms with Gasteiger partial charge in [0.2, 0.25) is 0 Å². The number of rotatable bonds is 3. The number of hydrogen-bond donors (Lipinski definition) is 2. The monoisotopic (exact) mass is 159 g/mol. The van der Waals surface area contributed by atoms with Gasteiger partial charge in [0, 0.05) is 6.04 Å². The normalized spacial score (nSPS) is 28.4. The fourth-order valence-corrected chi connectivity index (χ4v) is 1.10. The van der Waals surface area contributed by atoms with Gasteiger partial charge in [0.25, 0.3) is 0 Å². The first kappa shape index (κ1) is 10.9. The van der Waals surface area contributed by atoms with Crippen LogP contribution in [0, 0.1) is 0 Å². The summed E-state index contributed by atoms with van der Waals surface area (Å²) in [6.07, 6.45) is 3.09. The van der Waals surface area contributed by atoms with Crippen molar-refractivity contribution in [3.63, 3.8) is 0 Å². The highest BCUT2D eigenvalue weighted by atomic mass is 16.3. The molecule has 1 aliphatic rings. The van der Waals surface area contributed by atoms with Crippen LogP contribution in [-0.4, -0.2) is 23.8 Å². The Labute approximate surface area is 70.0 Å². The summed E-state index contributed by atoms with van der Waals surface area (Å²) in [4.78, 5) is 0. The van der Waals surface area contributed by atoms with E-state index in [1.807, 2.05) is 13.8 Å². The molecule has 0 unspecified atom stereocenters. The summed E-state index contributed by atoms with van der Waals surface area (Å²) in [6.45, 7) is 7.25. The second-order valence-corrected chi connectivity index (χ2v) is 2.78. The molecule has 1 fully saturated rings. The molecule has 0 bridgehead atoms. The van der Waals surface area contributed by atoms with Crippen molar-refractivity contribution in [2.24, 2.45) is 0 Å². The molecule has 1 rings (SSSR count). The fraction of sp³-hybridized carbons (Fsp3) is 1.00. The van der Waals surface area contributed by atoms with Gasteiger partial charge in [0.15, 0.2) is 0 Å². The van der Waals surface area contributed by atoms with Gasteiger partial charge in [-0.15, -0.1) is 0 Å². The van der Waals surface area contributed by atoms with Crippen molar-refractivity contribution in [2.45, 2.75) is 52.2 Å². The molecule has 0 heterocycles. The van der Waals surface area contributed by atoms with Crippen LogP contribution in [0.15, 0.2) is 0 Å². The molecule has 0 spiro atoms. The van der Waals surface area contributed by atoms with E-state index in [1.54, 1.807) is 0 Å². The van der Waals surface area contributed by atoms with Gasteiger partial charge in [-0.2, -0.15) is 0 Å². The standard InChI is InChI=1S/C7H15NO.C2H6/c1-2-3-8-6-4-7(9)5-6;1-2/h6-9H,2-5H2,1H3;1-2H3. The molecule has 0 radical (unpaired) electrons. The Bertz CT molecular complexity index is 79.6. The first-order chi connectivity index (χ1) is 5.33. The highest BCUT2D eigenvalue weighted by molar-refractivity contribution is 4.83. The zero-order chi connectivity index (χ0) is 8.69. The molecule has 11 heavy (non-hydrogen) atoms. The average molecular weight is 159 g/mol. The van der Waals surface area contributed by atoms with Gasteiger partial charge in [0.05, 0.1) is 6.10 Å². The van der Waals surface area contributed by atoms with Gasteiger partial charge < -0.3 is 10.4 Å². The summed E-state index contributed by atoms with van der Waals surface area (Å²) in [7, 11) is 0. The lowest BCUT2D eigenvalue weighted by atomic mass is 9.89. The van der Waals surface area contributed by atoms with Crippen LogP contribution in [0.1, 0.15) is 40.0 Å². The molecule has 0 aromatic carbocycles. The summed E-state index contributed by atoms with van der Waals surface area (Å²) in [6, 6.07) is 0.611. The number of aliphatic hydroxyl groups excluding tert-OH is 1. The van der Waals surface area contributed by atoms with Crippen molar-refractivity contribution in [1.82, 2.24) is 5.32 Å². The Morgan fingerprint density at radius 3 is 2.27 bits per heavy atom. The molecule has 0 saturated heterocycles. The Morgan fingerprint density at radius 2 is 1.91 bits per heavy atom. The Balaban J connectivity index is 0.000000461. The first-order valence-electron chi connectivity index (χ1n) is 4.74. The van der Waals surface area contributed by atoms with E-state index in [-0.39, 0.29) is 6.10 Å². The molecule has 0 aliphatic heterocycles. The maximum Gasteiger partial charge on any atom is 0.0570 e. The molecule has 0 aromatic heterocycles. The van der Waals surface area contributed by atoms with Crippen molar-refractivity contribution >= 4 is 0 Å². The third-order valence-corrected chi connectivity index (χ3v) is 1.80. The summed E-state index contributed by atoms with van der Waals surface area (Å²) < 4.78 is 0. The molecule has 2 heteroatoms. The maximum atomic E-state index is 8.88. The molecule has 1 aliphatic carbocycles. The van der Waals surface area contributed by atoms with E-state index in [0.29, 0.717) is 6.04 Å². The lowest BCUT2D eigenvalue weighted by Crippen LogP contribution is -2.44. The largest absolute Gasteiger partial charge is 0.393 e. The summed E-state index contributed by atoms with van der Waals surface area (Å²) >= 11 is 0. The Morgan fingerprint density at radius 1 is 1.36 bits per heavy atom. The molecular weight excluding hydrogens is 138 g/mol. The van der Waals surface area contributed by atoms with E-state index >= 15 is 0 Å². The van der Waals surface area contributed by atoms with Gasteiger partial charge in [-0.3, -0.25) is 0 Å².